The number of hydrogen-bond acceptors (Lipinski definition) is 5. The van der Waals surface area contributed by atoms with Crippen molar-refractivity contribution in [2.24, 2.45) is 0 Å². The molecule has 1 saturated heterocycles. The van der Waals surface area contributed by atoms with Gasteiger partial charge in [0, 0.05) is 32.1 Å². The third kappa shape index (κ3) is 5.39. The van der Waals surface area contributed by atoms with E-state index in [0.717, 1.165) is 30.6 Å². The molecule has 3 aromatic rings. The van der Waals surface area contributed by atoms with Gasteiger partial charge in [0.2, 0.25) is 0 Å². The lowest BCUT2D eigenvalue weighted by atomic mass is 10.2. The van der Waals surface area contributed by atoms with Gasteiger partial charge in [-0.2, -0.15) is 0 Å². The number of amides is 1. The quantitative estimate of drug-likeness (QED) is 0.577. The molecule has 154 valence electrons. The molecule has 7 nitrogen and oxygen atoms in total. The molecular formula is C23H25N5O2. The van der Waals surface area contributed by atoms with Crippen molar-refractivity contribution in [1.29, 1.82) is 0 Å². The minimum Gasteiger partial charge on any atom is -0.376 e. The van der Waals surface area contributed by atoms with Crippen LogP contribution in [-0.4, -0.2) is 50.0 Å². The zero-order chi connectivity index (χ0) is 20.6. The Hall–Kier alpha value is -3.32. The van der Waals surface area contributed by atoms with Crippen molar-refractivity contribution in [3.05, 3.63) is 84.0 Å². The van der Waals surface area contributed by atoms with Crippen LogP contribution < -0.4 is 0 Å². The van der Waals surface area contributed by atoms with Gasteiger partial charge >= 0.3 is 0 Å². The molecule has 7 heteroatoms. The van der Waals surface area contributed by atoms with Gasteiger partial charge in [0.1, 0.15) is 0 Å². The second kappa shape index (κ2) is 9.93. The summed E-state index contributed by atoms with van der Waals surface area (Å²) in [5.74, 6) is -0.138. The minimum absolute atomic E-state index is 0.0691. The summed E-state index contributed by atoms with van der Waals surface area (Å²) in [4.78, 5) is 19.0. The molecule has 1 atom stereocenters. The van der Waals surface area contributed by atoms with Crippen molar-refractivity contribution >= 4 is 12.0 Å². The lowest BCUT2D eigenvalue weighted by Gasteiger charge is -2.24. The summed E-state index contributed by atoms with van der Waals surface area (Å²) < 4.78 is 7.42. The van der Waals surface area contributed by atoms with E-state index in [1.165, 1.54) is 0 Å². The van der Waals surface area contributed by atoms with E-state index in [1.807, 2.05) is 54.6 Å². The van der Waals surface area contributed by atoms with E-state index in [0.29, 0.717) is 25.3 Å². The maximum Gasteiger partial charge on any atom is 0.276 e. The van der Waals surface area contributed by atoms with Crippen molar-refractivity contribution in [2.45, 2.75) is 32.0 Å². The highest BCUT2D eigenvalue weighted by molar-refractivity contribution is 5.91. The van der Waals surface area contributed by atoms with Crippen LogP contribution in [0.15, 0.2) is 67.1 Å². The Balaban J connectivity index is 1.43. The van der Waals surface area contributed by atoms with Crippen LogP contribution in [0.2, 0.25) is 0 Å². The maximum absolute atomic E-state index is 13.2. The first kappa shape index (κ1) is 20.0. The Morgan fingerprint density at radius 1 is 1.20 bits per heavy atom. The molecule has 1 aliphatic rings. The fraction of sp³-hybridized carbons (Fsp3) is 0.304. The number of carbonyl (C=O) groups excluding carboxylic acids is 1. The van der Waals surface area contributed by atoms with Crippen LogP contribution in [0.4, 0.5) is 0 Å². The maximum atomic E-state index is 13.2. The summed E-state index contributed by atoms with van der Waals surface area (Å²) in [6.07, 6.45) is 11.3. The van der Waals surface area contributed by atoms with Gasteiger partial charge in [-0.25, -0.2) is 4.68 Å². The molecule has 0 saturated carbocycles. The Morgan fingerprint density at radius 3 is 2.80 bits per heavy atom. The van der Waals surface area contributed by atoms with E-state index in [9.17, 15) is 4.79 Å². The van der Waals surface area contributed by atoms with Crippen LogP contribution in [0.1, 0.15) is 34.5 Å². The van der Waals surface area contributed by atoms with Gasteiger partial charge in [0.05, 0.1) is 18.8 Å². The molecule has 0 N–H and O–H groups in total. The summed E-state index contributed by atoms with van der Waals surface area (Å²) >= 11 is 0. The second-order valence-electron chi connectivity index (χ2n) is 7.32. The third-order valence-corrected chi connectivity index (χ3v) is 5.02. The fourth-order valence-electron chi connectivity index (χ4n) is 3.47. The summed E-state index contributed by atoms with van der Waals surface area (Å²) in [6.45, 7) is 2.33. The third-order valence-electron chi connectivity index (χ3n) is 5.02. The summed E-state index contributed by atoms with van der Waals surface area (Å²) in [6, 6.07) is 13.9. The van der Waals surface area contributed by atoms with Crippen LogP contribution in [0, 0.1) is 0 Å². The van der Waals surface area contributed by atoms with Crippen molar-refractivity contribution in [3.63, 3.8) is 0 Å². The molecular weight excluding hydrogens is 378 g/mol. The topological polar surface area (TPSA) is 73.1 Å². The summed E-state index contributed by atoms with van der Waals surface area (Å²) in [5.41, 5.74) is 2.48. The molecule has 1 fully saturated rings. The Bertz CT molecular complexity index is 966. The van der Waals surface area contributed by atoms with E-state index in [1.54, 1.807) is 28.2 Å². The van der Waals surface area contributed by atoms with E-state index < -0.39 is 0 Å². The minimum atomic E-state index is -0.138. The Kier molecular flexibility index (Phi) is 6.61. The molecule has 1 aliphatic heterocycles. The first-order chi connectivity index (χ1) is 14.8. The van der Waals surface area contributed by atoms with Gasteiger partial charge in [0.25, 0.3) is 5.91 Å². The standard InChI is InChI=1S/C23H25N5O2/c29-23(22-18-28(26-25-22)14-4-8-19-6-2-1-3-7-19)27(17-21-9-5-15-30-21)16-20-10-12-24-13-11-20/h1-4,6-8,10-13,18,21H,5,9,14-17H2/b8-4+/t21-/m1/s1. The largest absolute Gasteiger partial charge is 0.376 e. The average molecular weight is 403 g/mol. The molecule has 4 rings (SSSR count). The number of hydrogen-bond donors (Lipinski definition) is 0. The molecule has 0 bridgehead atoms. The zero-order valence-corrected chi connectivity index (χ0v) is 16.8. The number of carbonyl (C=O) groups is 1. The zero-order valence-electron chi connectivity index (χ0n) is 16.8. The molecule has 0 unspecified atom stereocenters. The molecule has 0 radical (unpaired) electrons. The number of rotatable bonds is 8. The first-order valence-electron chi connectivity index (χ1n) is 10.2. The number of pyridine rings is 1. The van der Waals surface area contributed by atoms with Crippen molar-refractivity contribution in [3.8, 4) is 0 Å². The predicted octanol–water partition coefficient (Wildman–Crippen LogP) is 3.21. The van der Waals surface area contributed by atoms with E-state index in [4.69, 9.17) is 4.74 Å². The number of benzene rings is 1. The summed E-state index contributed by atoms with van der Waals surface area (Å²) in [7, 11) is 0. The SMILES string of the molecule is O=C(c1cn(C/C=C/c2ccccc2)nn1)N(Cc1ccncc1)C[C@H]1CCCO1. The smallest absolute Gasteiger partial charge is 0.276 e. The molecule has 2 aromatic heterocycles. The van der Waals surface area contributed by atoms with Gasteiger partial charge in [-0.15, -0.1) is 5.10 Å². The number of nitrogens with zero attached hydrogens (tertiary/aromatic N) is 5. The fourth-order valence-corrected chi connectivity index (χ4v) is 3.47. The van der Waals surface area contributed by atoms with Crippen molar-refractivity contribution in [2.75, 3.05) is 13.2 Å². The Labute approximate surface area is 176 Å². The van der Waals surface area contributed by atoms with Crippen LogP contribution >= 0.6 is 0 Å². The number of aromatic nitrogens is 4. The van der Waals surface area contributed by atoms with Crippen LogP contribution in [0.25, 0.3) is 6.08 Å². The molecule has 30 heavy (non-hydrogen) atoms. The first-order valence-corrected chi connectivity index (χ1v) is 10.2. The van der Waals surface area contributed by atoms with E-state index >= 15 is 0 Å². The Morgan fingerprint density at radius 2 is 2.03 bits per heavy atom. The molecule has 0 spiro atoms. The van der Waals surface area contributed by atoms with Gasteiger partial charge < -0.3 is 9.64 Å². The monoisotopic (exact) mass is 403 g/mol. The lowest BCUT2D eigenvalue weighted by Crippen LogP contribution is -2.37. The normalized spacial score (nSPS) is 16.2. The average Bonchev–Trinajstić information content (AvgIpc) is 3.47. The van der Waals surface area contributed by atoms with Crippen LogP contribution in [0.5, 0.6) is 0 Å². The number of allylic oxidation sites excluding steroid dienone is 1. The van der Waals surface area contributed by atoms with E-state index in [2.05, 4.69) is 15.3 Å². The molecule has 0 aliphatic carbocycles. The van der Waals surface area contributed by atoms with Gasteiger partial charge in [-0.3, -0.25) is 9.78 Å². The molecule has 3 heterocycles. The summed E-state index contributed by atoms with van der Waals surface area (Å²) in [5, 5.41) is 8.23. The van der Waals surface area contributed by atoms with Gasteiger partial charge in [0.15, 0.2) is 5.69 Å². The van der Waals surface area contributed by atoms with E-state index in [-0.39, 0.29) is 12.0 Å². The predicted molar refractivity (Wildman–Crippen MR) is 113 cm³/mol. The lowest BCUT2D eigenvalue weighted by molar-refractivity contribution is 0.0502. The van der Waals surface area contributed by atoms with Crippen molar-refractivity contribution < 1.29 is 9.53 Å². The van der Waals surface area contributed by atoms with Gasteiger partial charge in [-0.05, 0) is 36.1 Å². The molecule has 1 aromatic carbocycles. The highest BCUT2D eigenvalue weighted by Crippen LogP contribution is 2.16. The van der Waals surface area contributed by atoms with Crippen LogP contribution in [-0.2, 0) is 17.8 Å². The highest BCUT2D eigenvalue weighted by Gasteiger charge is 2.25. The molecule has 1 amide bonds. The number of ether oxygens (including phenoxy) is 1. The highest BCUT2D eigenvalue weighted by atomic mass is 16.5. The van der Waals surface area contributed by atoms with Crippen molar-refractivity contribution in [1.82, 2.24) is 24.9 Å². The second-order valence-corrected chi connectivity index (χ2v) is 7.32. The van der Waals surface area contributed by atoms with Crippen LogP contribution in [0.3, 0.4) is 0 Å². The van der Waals surface area contributed by atoms with Gasteiger partial charge in [-0.1, -0.05) is 47.7 Å².